The average Bonchev–Trinajstić information content (AvgIpc) is 2.82. The highest BCUT2D eigenvalue weighted by atomic mass is 19.1. The Morgan fingerprint density at radius 2 is 1.88 bits per heavy atom. The van der Waals surface area contributed by atoms with Crippen LogP contribution in [0, 0.1) is 11.6 Å². The molecule has 1 aliphatic rings. The molecule has 4 rings (SSSR count). The summed E-state index contributed by atoms with van der Waals surface area (Å²) < 4.78 is 28.5. The van der Waals surface area contributed by atoms with Crippen LogP contribution in [0.4, 0.5) is 8.78 Å². The van der Waals surface area contributed by atoms with E-state index in [1.165, 1.54) is 18.2 Å². The summed E-state index contributed by atoms with van der Waals surface area (Å²) >= 11 is 0. The summed E-state index contributed by atoms with van der Waals surface area (Å²) in [7, 11) is 2.03. The van der Waals surface area contributed by atoms with Crippen LogP contribution < -0.4 is 0 Å². The molecule has 1 unspecified atom stereocenters. The van der Waals surface area contributed by atoms with Gasteiger partial charge in [-0.2, -0.15) is 10.2 Å². The van der Waals surface area contributed by atoms with Gasteiger partial charge in [-0.05, 0) is 73.1 Å². The normalized spacial score (nSPS) is 17.6. The Kier molecular flexibility index (Phi) is 4.47. The van der Waals surface area contributed by atoms with Crippen molar-refractivity contribution >= 4 is 0 Å². The third kappa shape index (κ3) is 3.22. The van der Waals surface area contributed by atoms with E-state index < -0.39 is 0 Å². The molecule has 0 saturated heterocycles. The monoisotopic (exact) mass is 351 g/mol. The fourth-order valence-corrected chi connectivity index (χ4v) is 3.69. The highest BCUT2D eigenvalue weighted by Gasteiger charge is 2.26. The number of hydrogen-bond donors (Lipinski definition) is 0. The van der Waals surface area contributed by atoms with Gasteiger partial charge in [-0.3, -0.25) is 0 Å². The maximum Gasteiger partial charge on any atom is 0.128 e. The Balaban J connectivity index is 1.84. The number of nitrogens with zero attached hydrogens (tertiary/aromatic N) is 3. The zero-order valence-electron chi connectivity index (χ0n) is 14.5. The molecular formula is C21H19F2N3. The molecule has 0 amide bonds. The minimum Gasteiger partial charge on any atom is -0.302 e. The van der Waals surface area contributed by atoms with Gasteiger partial charge in [0.05, 0.1) is 5.69 Å². The molecule has 1 aromatic heterocycles. The van der Waals surface area contributed by atoms with Crippen LogP contribution in [0.2, 0.25) is 0 Å². The molecule has 0 bridgehead atoms. The Labute approximate surface area is 151 Å². The SMILES string of the molecule is CN1CCC(c2ccc(F)cc2)c2c(F)cc(-c3cccnn3)cc2C1. The van der Waals surface area contributed by atoms with Gasteiger partial charge in [-0.1, -0.05) is 12.1 Å². The predicted molar refractivity (Wildman–Crippen MR) is 96.6 cm³/mol. The van der Waals surface area contributed by atoms with Gasteiger partial charge in [-0.15, -0.1) is 0 Å². The number of aromatic nitrogens is 2. The summed E-state index contributed by atoms with van der Waals surface area (Å²) in [5, 5.41) is 7.99. The quantitative estimate of drug-likeness (QED) is 0.686. The van der Waals surface area contributed by atoms with E-state index >= 15 is 4.39 Å². The molecule has 26 heavy (non-hydrogen) atoms. The summed E-state index contributed by atoms with van der Waals surface area (Å²) in [5.74, 6) is -0.613. The first-order valence-corrected chi connectivity index (χ1v) is 8.66. The first kappa shape index (κ1) is 16.8. The lowest BCUT2D eigenvalue weighted by Crippen LogP contribution is -2.17. The van der Waals surface area contributed by atoms with Crippen LogP contribution in [0.5, 0.6) is 0 Å². The van der Waals surface area contributed by atoms with E-state index in [4.69, 9.17) is 0 Å². The van der Waals surface area contributed by atoms with E-state index in [1.807, 2.05) is 19.2 Å². The Bertz CT molecular complexity index is 911. The Hall–Kier alpha value is -2.66. The summed E-state index contributed by atoms with van der Waals surface area (Å²) in [4.78, 5) is 2.18. The molecule has 0 saturated carbocycles. The van der Waals surface area contributed by atoms with Gasteiger partial charge >= 0.3 is 0 Å². The molecule has 0 radical (unpaired) electrons. The number of benzene rings is 2. The highest BCUT2D eigenvalue weighted by Crippen LogP contribution is 2.37. The molecule has 2 heterocycles. The molecule has 0 fully saturated rings. The maximum absolute atomic E-state index is 15.2. The topological polar surface area (TPSA) is 29.0 Å². The molecule has 0 N–H and O–H groups in total. The van der Waals surface area contributed by atoms with Crippen molar-refractivity contribution in [2.75, 3.05) is 13.6 Å². The van der Waals surface area contributed by atoms with Crippen LogP contribution in [-0.4, -0.2) is 28.7 Å². The molecule has 1 atom stereocenters. The van der Waals surface area contributed by atoms with Gasteiger partial charge in [0.1, 0.15) is 11.6 Å². The fourth-order valence-electron chi connectivity index (χ4n) is 3.69. The maximum atomic E-state index is 15.2. The molecule has 1 aliphatic heterocycles. The zero-order valence-corrected chi connectivity index (χ0v) is 14.5. The summed E-state index contributed by atoms with van der Waals surface area (Å²) in [6.07, 6.45) is 2.39. The van der Waals surface area contributed by atoms with Crippen molar-refractivity contribution in [1.82, 2.24) is 15.1 Å². The van der Waals surface area contributed by atoms with Crippen molar-refractivity contribution < 1.29 is 8.78 Å². The molecule has 2 aromatic carbocycles. The van der Waals surface area contributed by atoms with Crippen molar-refractivity contribution in [3.8, 4) is 11.3 Å². The average molecular weight is 351 g/mol. The lowest BCUT2D eigenvalue weighted by Gasteiger charge is -2.19. The lowest BCUT2D eigenvalue weighted by atomic mass is 9.85. The number of halogens is 2. The van der Waals surface area contributed by atoms with Gasteiger partial charge in [0, 0.05) is 24.2 Å². The van der Waals surface area contributed by atoms with Gasteiger partial charge in [0.25, 0.3) is 0 Å². The van der Waals surface area contributed by atoms with Gasteiger partial charge < -0.3 is 4.90 Å². The van der Waals surface area contributed by atoms with Gasteiger partial charge in [0.15, 0.2) is 0 Å². The molecule has 3 nitrogen and oxygen atoms in total. The van der Waals surface area contributed by atoms with Gasteiger partial charge in [-0.25, -0.2) is 8.78 Å². The molecule has 5 heteroatoms. The third-order valence-corrected chi connectivity index (χ3v) is 4.94. The number of fused-ring (bicyclic) bond motifs is 1. The van der Waals surface area contributed by atoms with Gasteiger partial charge in [0.2, 0.25) is 0 Å². The molecule has 132 valence electrons. The van der Waals surface area contributed by atoms with Crippen LogP contribution in [-0.2, 0) is 6.54 Å². The second-order valence-corrected chi connectivity index (χ2v) is 6.77. The van der Waals surface area contributed by atoms with E-state index in [9.17, 15) is 4.39 Å². The van der Waals surface area contributed by atoms with Crippen LogP contribution in [0.15, 0.2) is 54.7 Å². The van der Waals surface area contributed by atoms with Crippen molar-refractivity contribution in [1.29, 1.82) is 0 Å². The van der Waals surface area contributed by atoms with Crippen molar-refractivity contribution in [2.24, 2.45) is 0 Å². The predicted octanol–water partition coefficient (Wildman–Crippen LogP) is 4.39. The first-order valence-electron chi connectivity index (χ1n) is 8.66. The summed E-state index contributed by atoms with van der Waals surface area (Å²) in [6.45, 7) is 1.51. The molecular weight excluding hydrogens is 332 g/mol. The second-order valence-electron chi connectivity index (χ2n) is 6.77. The smallest absolute Gasteiger partial charge is 0.128 e. The van der Waals surface area contributed by atoms with E-state index in [0.29, 0.717) is 17.8 Å². The lowest BCUT2D eigenvalue weighted by molar-refractivity contribution is 0.328. The number of hydrogen-bond acceptors (Lipinski definition) is 3. The molecule has 0 spiro atoms. The summed E-state index contributed by atoms with van der Waals surface area (Å²) in [5.41, 5.74) is 3.96. The van der Waals surface area contributed by atoms with Crippen LogP contribution >= 0.6 is 0 Å². The van der Waals surface area contributed by atoms with Crippen molar-refractivity contribution in [3.05, 3.63) is 83.1 Å². The van der Waals surface area contributed by atoms with E-state index in [1.54, 1.807) is 24.4 Å². The van der Waals surface area contributed by atoms with Crippen molar-refractivity contribution in [3.63, 3.8) is 0 Å². The van der Waals surface area contributed by atoms with Crippen LogP contribution in [0.1, 0.15) is 29.0 Å². The second kappa shape index (κ2) is 6.92. The standard InChI is InChI=1S/C21H19F2N3/c1-26-10-8-18(14-4-6-17(22)7-5-14)21-16(13-26)11-15(12-19(21)23)20-3-2-9-24-25-20/h2-7,9,11-12,18H,8,10,13H2,1H3. The summed E-state index contributed by atoms with van der Waals surface area (Å²) in [6, 6.07) is 13.5. The van der Waals surface area contributed by atoms with E-state index in [-0.39, 0.29) is 17.6 Å². The number of rotatable bonds is 2. The fraction of sp³-hybridized carbons (Fsp3) is 0.238. The van der Waals surface area contributed by atoms with E-state index in [0.717, 1.165) is 29.7 Å². The Morgan fingerprint density at radius 3 is 2.62 bits per heavy atom. The van der Waals surface area contributed by atoms with E-state index in [2.05, 4.69) is 15.1 Å². The van der Waals surface area contributed by atoms with Crippen LogP contribution in [0.3, 0.4) is 0 Å². The largest absolute Gasteiger partial charge is 0.302 e. The van der Waals surface area contributed by atoms with Crippen LogP contribution in [0.25, 0.3) is 11.3 Å². The third-order valence-electron chi connectivity index (χ3n) is 4.94. The minimum absolute atomic E-state index is 0.0912. The minimum atomic E-state index is -0.279. The van der Waals surface area contributed by atoms with Crippen molar-refractivity contribution in [2.45, 2.75) is 18.9 Å². The first-order chi connectivity index (χ1) is 12.6. The molecule has 0 aliphatic carbocycles. The zero-order chi connectivity index (χ0) is 18.1. The molecule has 3 aromatic rings. The highest BCUT2D eigenvalue weighted by molar-refractivity contribution is 5.61. The Morgan fingerprint density at radius 1 is 1.08 bits per heavy atom.